The number of carbonyl (C=O) groups excluding carboxylic acids is 2. The van der Waals surface area contributed by atoms with Crippen LogP contribution in [-0.4, -0.2) is 11.6 Å². The highest BCUT2D eigenvalue weighted by atomic mass is 16.3. The number of benzene rings is 1. The first-order chi connectivity index (χ1) is 9.08. The van der Waals surface area contributed by atoms with Crippen LogP contribution in [0.4, 0.5) is 0 Å². The van der Waals surface area contributed by atoms with Crippen molar-refractivity contribution in [1.82, 2.24) is 0 Å². The number of rotatable bonds is 2. The maximum atomic E-state index is 12.5. The molecule has 2 aromatic rings. The van der Waals surface area contributed by atoms with E-state index in [-0.39, 0.29) is 11.6 Å². The monoisotopic (exact) mass is 254 g/mol. The van der Waals surface area contributed by atoms with E-state index in [1.54, 1.807) is 26.0 Å². The van der Waals surface area contributed by atoms with Gasteiger partial charge in [0.2, 0.25) is 0 Å². The molecule has 0 aliphatic heterocycles. The van der Waals surface area contributed by atoms with E-state index in [0.717, 1.165) is 5.56 Å². The van der Waals surface area contributed by atoms with E-state index < -0.39 is 5.92 Å². The van der Waals surface area contributed by atoms with Crippen molar-refractivity contribution >= 4 is 11.6 Å². The molecule has 0 bridgehead atoms. The summed E-state index contributed by atoms with van der Waals surface area (Å²) in [5.74, 6) is 0.498. The zero-order chi connectivity index (χ0) is 13.6. The van der Waals surface area contributed by atoms with E-state index in [9.17, 15) is 9.59 Å². The lowest BCUT2D eigenvalue weighted by molar-refractivity contribution is 0.0821. The Morgan fingerprint density at radius 1 is 1.26 bits per heavy atom. The zero-order valence-electron chi connectivity index (χ0n) is 10.9. The Bertz CT molecular complexity index is 679. The van der Waals surface area contributed by atoms with Crippen LogP contribution in [0.2, 0.25) is 0 Å². The molecule has 0 amide bonds. The molecule has 1 aromatic carbocycles. The van der Waals surface area contributed by atoms with Crippen molar-refractivity contribution in [1.29, 1.82) is 0 Å². The van der Waals surface area contributed by atoms with Gasteiger partial charge in [-0.1, -0.05) is 24.3 Å². The van der Waals surface area contributed by atoms with Gasteiger partial charge in [0.25, 0.3) is 0 Å². The van der Waals surface area contributed by atoms with Crippen LogP contribution in [0.15, 0.2) is 34.7 Å². The zero-order valence-corrected chi connectivity index (χ0v) is 10.9. The highest BCUT2D eigenvalue weighted by Crippen LogP contribution is 2.30. The Labute approximate surface area is 111 Å². The number of Topliss-reactive ketones (excluding diaryl/α,β-unsaturated/α-hetero) is 2. The third-order valence-electron chi connectivity index (χ3n) is 3.65. The number of ketones is 2. The van der Waals surface area contributed by atoms with Crippen LogP contribution in [0.25, 0.3) is 0 Å². The molecule has 0 radical (unpaired) electrons. The molecule has 19 heavy (non-hydrogen) atoms. The van der Waals surface area contributed by atoms with E-state index in [1.165, 1.54) is 0 Å². The van der Waals surface area contributed by atoms with E-state index in [1.807, 2.05) is 18.2 Å². The maximum Gasteiger partial charge on any atom is 0.177 e. The van der Waals surface area contributed by atoms with Crippen LogP contribution >= 0.6 is 0 Å². The Balaban J connectivity index is 1.96. The van der Waals surface area contributed by atoms with Crippen LogP contribution in [0, 0.1) is 19.8 Å². The van der Waals surface area contributed by atoms with Gasteiger partial charge in [0.05, 0.1) is 11.5 Å². The van der Waals surface area contributed by atoms with Crippen molar-refractivity contribution in [2.45, 2.75) is 20.3 Å². The van der Waals surface area contributed by atoms with Crippen molar-refractivity contribution < 1.29 is 14.0 Å². The van der Waals surface area contributed by atoms with Gasteiger partial charge < -0.3 is 4.42 Å². The van der Waals surface area contributed by atoms with Crippen LogP contribution in [0.1, 0.15) is 37.8 Å². The molecule has 1 heterocycles. The first-order valence-corrected chi connectivity index (χ1v) is 6.31. The minimum Gasteiger partial charge on any atom is -0.466 e. The molecule has 1 aliphatic rings. The summed E-state index contributed by atoms with van der Waals surface area (Å²) >= 11 is 0. The predicted octanol–water partition coefficient (Wildman–Crippen LogP) is 3.13. The topological polar surface area (TPSA) is 47.3 Å². The number of fused-ring (bicyclic) bond motifs is 1. The smallest absolute Gasteiger partial charge is 0.177 e. The molecule has 0 saturated carbocycles. The molecule has 1 atom stereocenters. The van der Waals surface area contributed by atoms with Gasteiger partial charge in [-0.25, -0.2) is 0 Å². The van der Waals surface area contributed by atoms with Gasteiger partial charge in [-0.15, -0.1) is 0 Å². The number of hydrogen-bond donors (Lipinski definition) is 0. The molecule has 3 nitrogen and oxygen atoms in total. The molecular weight excluding hydrogens is 240 g/mol. The average Bonchev–Trinajstić information content (AvgIpc) is 2.90. The predicted molar refractivity (Wildman–Crippen MR) is 70.5 cm³/mol. The van der Waals surface area contributed by atoms with Crippen LogP contribution in [0.5, 0.6) is 0 Å². The van der Waals surface area contributed by atoms with Gasteiger partial charge in [-0.05, 0) is 31.9 Å². The lowest BCUT2D eigenvalue weighted by Crippen LogP contribution is -2.21. The molecule has 1 aliphatic carbocycles. The largest absolute Gasteiger partial charge is 0.466 e. The first kappa shape index (κ1) is 11.9. The van der Waals surface area contributed by atoms with Crippen LogP contribution in [0.3, 0.4) is 0 Å². The lowest BCUT2D eigenvalue weighted by Gasteiger charge is -2.05. The second kappa shape index (κ2) is 4.19. The quantitative estimate of drug-likeness (QED) is 0.611. The molecule has 0 N–H and O–H groups in total. The molecule has 3 rings (SSSR count). The standard InChI is InChI=1S/C16H14O3/c1-9-7-13(10(2)19-9)16(18)14-8-11-5-3-4-6-12(11)15(14)17/h3-7,14H,8H2,1-2H3. The summed E-state index contributed by atoms with van der Waals surface area (Å²) in [7, 11) is 0. The average molecular weight is 254 g/mol. The van der Waals surface area contributed by atoms with Crippen molar-refractivity contribution in [2.75, 3.05) is 0 Å². The van der Waals surface area contributed by atoms with Gasteiger partial charge >= 0.3 is 0 Å². The number of furan rings is 1. The molecule has 0 spiro atoms. The van der Waals surface area contributed by atoms with Gasteiger partial charge in [0.15, 0.2) is 11.6 Å². The van der Waals surface area contributed by atoms with Gasteiger partial charge in [-0.2, -0.15) is 0 Å². The van der Waals surface area contributed by atoms with Crippen LogP contribution < -0.4 is 0 Å². The minimum absolute atomic E-state index is 0.0705. The van der Waals surface area contributed by atoms with Crippen molar-refractivity contribution in [2.24, 2.45) is 5.92 Å². The van der Waals surface area contributed by atoms with Gasteiger partial charge in [-0.3, -0.25) is 9.59 Å². The summed E-state index contributed by atoms with van der Waals surface area (Å²) in [6.07, 6.45) is 0.498. The van der Waals surface area contributed by atoms with E-state index in [4.69, 9.17) is 4.42 Å². The summed E-state index contributed by atoms with van der Waals surface area (Å²) in [6.45, 7) is 3.56. The van der Waals surface area contributed by atoms with Gasteiger partial charge in [0.1, 0.15) is 11.5 Å². The van der Waals surface area contributed by atoms with Crippen molar-refractivity contribution in [3.63, 3.8) is 0 Å². The third kappa shape index (κ3) is 1.82. The highest BCUT2D eigenvalue weighted by Gasteiger charge is 2.36. The minimum atomic E-state index is -0.590. The molecule has 0 fully saturated rings. The number of hydrogen-bond acceptors (Lipinski definition) is 3. The summed E-state index contributed by atoms with van der Waals surface area (Å²) in [6, 6.07) is 9.14. The lowest BCUT2D eigenvalue weighted by atomic mass is 9.94. The molecule has 1 aromatic heterocycles. The fourth-order valence-corrected chi connectivity index (χ4v) is 2.71. The normalized spacial score (nSPS) is 17.6. The van der Waals surface area contributed by atoms with E-state index in [0.29, 0.717) is 29.1 Å². The second-order valence-corrected chi connectivity index (χ2v) is 4.97. The Morgan fingerprint density at radius 2 is 2.00 bits per heavy atom. The maximum absolute atomic E-state index is 12.5. The highest BCUT2D eigenvalue weighted by molar-refractivity contribution is 6.19. The van der Waals surface area contributed by atoms with E-state index in [2.05, 4.69) is 0 Å². The Kier molecular flexibility index (Phi) is 2.63. The van der Waals surface area contributed by atoms with Crippen LogP contribution in [-0.2, 0) is 6.42 Å². The molecular formula is C16H14O3. The molecule has 96 valence electrons. The van der Waals surface area contributed by atoms with Crippen molar-refractivity contribution in [3.8, 4) is 0 Å². The molecule has 1 unspecified atom stereocenters. The second-order valence-electron chi connectivity index (χ2n) is 4.97. The van der Waals surface area contributed by atoms with Crippen molar-refractivity contribution in [3.05, 3.63) is 58.5 Å². The molecule has 3 heteroatoms. The summed E-state index contributed by atoms with van der Waals surface area (Å²) < 4.78 is 5.38. The third-order valence-corrected chi connectivity index (χ3v) is 3.65. The first-order valence-electron chi connectivity index (χ1n) is 6.31. The van der Waals surface area contributed by atoms with Gasteiger partial charge in [0, 0.05) is 5.56 Å². The SMILES string of the molecule is Cc1cc(C(=O)C2Cc3ccccc3C2=O)c(C)o1. The Hall–Kier alpha value is -2.16. The van der Waals surface area contributed by atoms with E-state index >= 15 is 0 Å². The Morgan fingerprint density at radius 3 is 2.63 bits per heavy atom. The fraction of sp³-hybridized carbons (Fsp3) is 0.250. The summed E-state index contributed by atoms with van der Waals surface area (Å²) in [5.41, 5.74) is 2.17. The molecule has 0 saturated heterocycles. The number of carbonyl (C=O) groups is 2. The fourth-order valence-electron chi connectivity index (χ4n) is 2.71. The summed E-state index contributed by atoms with van der Waals surface area (Å²) in [4.78, 5) is 24.8. The summed E-state index contributed by atoms with van der Waals surface area (Å²) in [5, 5.41) is 0. The number of aryl methyl sites for hydroxylation is 2.